The number of ketones is 1. The molecule has 2 atom stereocenters. The number of amides is 1. The van der Waals surface area contributed by atoms with Crippen LogP contribution in [0.5, 0.6) is 5.75 Å². The van der Waals surface area contributed by atoms with Crippen molar-refractivity contribution in [2.45, 2.75) is 71.5 Å². The van der Waals surface area contributed by atoms with E-state index in [1.54, 1.807) is 24.1 Å². The summed E-state index contributed by atoms with van der Waals surface area (Å²) in [5.74, 6) is -0.261. The molecule has 9 nitrogen and oxygen atoms in total. The second kappa shape index (κ2) is 12.2. The Bertz CT molecular complexity index is 1540. The molecule has 0 saturated carbocycles. The summed E-state index contributed by atoms with van der Waals surface area (Å²) in [5, 5.41) is 27.0. The van der Waals surface area contributed by atoms with Gasteiger partial charge in [0.2, 0.25) is 0 Å². The Morgan fingerprint density at radius 3 is 2.74 bits per heavy atom. The van der Waals surface area contributed by atoms with Crippen LogP contribution in [0.3, 0.4) is 0 Å². The lowest BCUT2D eigenvalue weighted by molar-refractivity contribution is -0.0143. The van der Waals surface area contributed by atoms with Crippen molar-refractivity contribution < 1.29 is 28.9 Å². The Labute approximate surface area is 251 Å². The van der Waals surface area contributed by atoms with Gasteiger partial charge in [-0.2, -0.15) is 0 Å². The minimum Gasteiger partial charge on any atom is -0.508 e. The first-order valence-corrected chi connectivity index (χ1v) is 14.7. The number of halogens is 1. The second-order valence-electron chi connectivity index (χ2n) is 12.5. The number of aliphatic hydroxyl groups excluding tert-OH is 1. The number of nitrogens with one attached hydrogen (secondary N) is 2. The topological polar surface area (TPSA) is 124 Å². The van der Waals surface area contributed by atoms with Gasteiger partial charge < -0.3 is 30.5 Å². The fraction of sp³-hybridized carbons (Fsp3) is 0.424. The lowest BCUT2D eigenvalue weighted by Gasteiger charge is -2.36. The highest BCUT2D eigenvalue weighted by atomic mass is 19.1. The normalized spacial score (nSPS) is 18.3. The monoisotopic (exact) mass is 590 g/mol. The van der Waals surface area contributed by atoms with E-state index in [4.69, 9.17) is 4.74 Å². The van der Waals surface area contributed by atoms with Crippen molar-refractivity contribution in [1.29, 1.82) is 0 Å². The quantitative estimate of drug-likeness (QED) is 0.260. The Morgan fingerprint density at radius 2 is 2.00 bits per heavy atom. The van der Waals surface area contributed by atoms with Crippen LogP contribution in [0.1, 0.15) is 67.1 Å². The lowest BCUT2D eigenvalue weighted by Crippen LogP contribution is -2.48. The van der Waals surface area contributed by atoms with Gasteiger partial charge in [-0.1, -0.05) is 12.1 Å². The summed E-state index contributed by atoms with van der Waals surface area (Å²) in [4.78, 5) is 31.8. The molecule has 2 aliphatic heterocycles. The Balaban J connectivity index is 1.21. The number of fused-ring (bicyclic) bond motifs is 2. The third-order valence-corrected chi connectivity index (χ3v) is 7.97. The molecular formula is C33H39FN4O5. The van der Waals surface area contributed by atoms with Gasteiger partial charge in [0.15, 0.2) is 5.78 Å². The van der Waals surface area contributed by atoms with Crippen LogP contribution >= 0.6 is 0 Å². The van der Waals surface area contributed by atoms with Crippen LogP contribution < -0.4 is 10.6 Å². The largest absolute Gasteiger partial charge is 0.508 e. The first kappa shape index (κ1) is 30.3. The zero-order chi connectivity index (χ0) is 30.9. The van der Waals surface area contributed by atoms with Crippen molar-refractivity contribution in [1.82, 2.24) is 9.88 Å². The molecule has 1 saturated heterocycles. The molecular weight excluding hydrogens is 551 g/mol. The van der Waals surface area contributed by atoms with E-state index < -0.39 is 17.5 Å². The maximum absolute atomic E-state index is 14.6. The van der Waals surface area contributed by atoms with Crippen molar-refractivity contribution in [3.63, 3.8) is 0 Å². The number of benzene rings is 2. The highest BCUT2D eigenvalue weighted by Gasteiger charge is 2.32. The van der Waals surface area contributed by atoms with E-state index in [1.165, 1.54) is 12.1 Å². The summed E-state index contributed by atoms with van der Waals surface area (Å²) in [7, 11) is 0. The average Bonchev–Trinajstić information content (AvgIpc) is 3.07. The number of aliphatic hydroxyl groups is 1. The van der Waals surface area contributed by atoms with Crippen molar-refractivity contribution in [2.75, 3.05) is 23.7 Å². The molecule has 0 unspecified atom stereocenters. The third kappa shape index (κ3) is 7.07. The Morgan fingerprint density at radius 1 is 1.21 bits per heavy atom. The number of anilines is 4. The average molecular weight is 591 g/mol. The summed E-state index contributed by atoms with van der Waals surface area (Å²) in [6.45, 7) is 7.93. The number of ether oxygens (including phenoxy) is 1. The van der Waals surface area contributed by atoms with Crippen molar-refractivity contribution in [3.8, 4) is 5.75 Å². The number of Topliss-reactive ketones (excluding diaryl/α,β-unsaturated/α-hetero) is 1. The van der Waals surface area contributed by atoms with Gasteiger partial charge in [-0.15, -0.1) is 0 Å². The molecule has 0 bridgehead atoms. The zero-order valence-corrected chi connectivity index (χ0v) is 25.0. The van der Waals surface area contributed by atoms with Crippen LogP contribution in [-0.2, 0) is 17.6 Å². The van der Waals surface area contributed by atoms with Crippen molar-refractivity contribution >= 4 is 34.8 Å². The predicted octanol–water partition coefficient (Wildman–Crippen LogP) is 6.40. The highest BCUT2D eigenvalue weighted by molar-refractivity contribution is 6.09. The number of likely N-dealkylation sites (tertiary alicyclic amines) is 1. The van der Waals surface area contributed by atoms with Gasteiger partial charge in [-0.05, 0) is 94.2 Å². The zero-order valence-electron chi connectivity index (χ0n) is 25.0. The number of phenolic OH excluding ortho intramolecular Hbond substituents is 1. The first-order chi connectivity index (χ1) is 20.4. The maximum atomic E-state index is 14.6. The molecule has 2 aliphatic rings. The summed E-state index contributed by atoms with van der Waals surface area (Å²) >= 11 is 0. The fourth-order valence-electron chi connectivity index (χ4n) is 5.68. The van der Waals surface area contributed by atoms with Gasteiger partial charge in [-0.3, -0.25) is 4.79 Å². The molecule has 228 valence electrons. The number of hydrogen-bond acceptors (Lipinski definition) is 8. The number of nitrogens with zero attached hydrogens (tertiary/aromatic N) is 2. The van der Waals surface area contributed by atoms with Crippen molar-refractivity contribution in [2.24, 2.45) is 5.92 Å². The highest BCUT2D eigenvalue weighted by Crippen LogP contribution is 2.36. The van der Waals surface area contributed by atoms with Crippen LogP contribution in [0.4, 0.5) is 32.1 Å². The van der Waals surface area contributed by atoms with Crippen molar-refractivity contribution in [3.05, 3.63) is 70.7 Å². The Hall–Kier alpha value is -4.18. The number of aryl methyl sites for hydroxylation is 2. The molecule has 4 N–H and O–H groups in total. The van der Waals surface area contributed by atoms with E-state index in [-0.39, 0.29) is 42.2 Å². The maximum Gasteiger partial charge on any atom is 0.410 e. The lowest BCUT2D eigenvalue weighted by atomic mass is 9.88. The minimum atomic E-state index is -0.596. The van der Waals surface area contributed by atoms with E-state index in [1.807, 2.05) is 39.0 Å². The van der Waals surface area contributed by atoms with E-state index in [2.05, 4.69) is 15.6 Å². The van der Waals surface area contributed by atoms with Gasteiger partial charge in [0.1, 0.15) is 23.0 Å². The van der Waals surface area contributed by atoms with E-state index in [0.717, 1.165) is 42.5 Å². The molecule has 1 fully saturated rings. The molecule has 1 amide bonds. The van der Waals surface area contributed by atoms with Crippen LogP contribution in [0, 0.1) is 18.7 Å². The number of aromatic nitrogens is 1. The number of carbonyl (C=O) groups excluding carboxylic acids is 2. The standard InChI is InChI=1S/C33H39FN4O5/c1-19-14-23(34)26(17-27(19)39)36-25-10-12-35-31-30(25)28(40)16-22-15-20(8-9-24(22)37-31)6-5-7-21-11-13-38(18-29(21)41)32(42)43-33(2,3)4/h8-10,12,14-15,17,21,29,39,41H,5-7,11,13,16,18H2,1-4H3,(H2,35,36,37)/t21-,29-/m1/s1. The van der Waals surface area contributed by atoms with Crippen LogP contribution in [0.2, 0.25) is 0 Å². The van der Waals surface area contributed by atoms with Gasteiger partial charge >= 0.3 is 6.09 Å². The second-order valence-corrected chi connectivity index (χ2v) is 12.5. The van der Waals surface area contributed by atoms with Crippen LogP contribution in [0.15, 0.2) is 42.6 Å². The molecule has 43 heavy (non-hydrogen) atoms. The molecule has 0 radical (unpaired) electrons. The number of pyridine rings is 1. The van der Waals surface area contributed by atoms with Gasteiger partial charge in [0, 0.05) is 30.9 Å². The number of hydrogen-bond donors (Lipinski definition) is 4. The number of carbonyl (C=O) groups is 2. The molecule has 10 heteroatoms. The Kier molecular flexibility index (Phi) is 8.59. The van der Waals surface area contributed by atoms with Gasteiger partial charge in [0.25, 0.3) is 0 Å². The molecule has 2 aromatic carbocycles. The number of piperidine rings is 1. The number of phenols is 1. The van der Waals surface area contributed by atoms with Gasteiger partial charge in [-0.25, -0.2) is 14.2 Å². The summed E-state index contributed by atoms with van der Waals surface area (Å²) < 4.78 is 20.0. The molecule has 5 rings (SSSR count). The summed E-state index contributed by atoms with van der Waals surface area (Å²) in [6.07, 6.45) is 3.89. The first-order valence-electron chi connectivity index (χ1n) is 14.7. The molecule has 1 aromatic heterocycles. The number of rotatable bonds is 6. The SMILES string of the molecule is Cc1cc(F)c(Nc2ccnc3c2C(=O)Cc2cc(CCC[C@@H]4CCN(C(=O)OC(C)(C)C)C[C@H]4O)ccc2N3)cc1O. The molecule has 3 aromatic rings. The van der Waals surface area contributed by atoms with E-state index >= 15 is 0 Å². The fourth-order valence-corrected chi connectivity index (χ4v) is 5.68. The van der Waals surface area contributed by atoms with E-state index in [0.29, 0.717) is 29.2 Å². The minimum absolute atomic E-state index is 0.0470. The van der Waals surface area contributed by atoms with Crippen LogP contribution in [0.25, 0.3) is 0 Å². The number of β-amino-alcohol motifs (C(OH)–C–C–N with tert-alkyl or cyclic N) is 1. The van der Waals surface area contributed by atoms with Crippen LogP contribution in [-0.4, -0.2) is 56.8 Å². The summed E-state index contributed by atoms with van der Waals surface area (Å²) in [6, 6.07) is 10.1. The van der Waals surface area contributed by atoms with E-state index in [9.17, 15) is 24.2 Å². The predicted molar refractivity (Wildman–Crippen MR) is 163 cm³/mol. The summed E-state index contributed by atoms with van der Waals surface area (Å²) in [5.41, 5.74) is 3.34. The number of aromatic hydroxyl groups is 1. The smallest absolute Gasteiger partial charge is 0.410 e. The molecule has 3 heterocycles. The molecule has 0 aliphatic carbocycles. The van der Waals surface area contributed by atoms with Gasteiger partial charge in [0.05, 0.1) is 29.6 Å². The molecule has 0 spiro atoms. The third-order valence-electron chi connectivity index (χ3n) is 7.97.